The molecule has 6 nitrogen and oxygen atoms in total. The predicted molar refractivity (Wildman–Crippen MR) is 128 cm³/mol. The molecule has 0 spiro atoms. The number of Topliss-reactive ketones (excluding diaryl/α,β-unsaturated/α-hetero) is 1. The number of carbonyl (C=O) groups excluding carboxylic acids is 2. The number of halogens is 1. The summed E-state index contributed by atoms with van der Waals surface area (Å²) in [5.74, 6) is -1.39. The fourth-order valence-corrected chi connectivity index (χ4v) is 4.76. The van der Waals surface area contributed by atoms with Crippen LogP contribution in [0.5, 0.6) is 0 Å². The third-order valence-electron chi connectivity index (χ3n) is 6.33. The number of ether oxygens (including phenoxy) is 1. The molecule has 2 aliphatic heterocycles. The molecule has 0 saturated carbocycles. The summed E-state index contributed by atoms with van der Waals surface area (Å²) >= 11 is 6.25. The van der Waals surface area contributed by atoms with Crippen LogP contribution in [0.15, 0.2) is 48.0 Å². The maximum absolute atomic E-state index is 13.2. The minimum Gasteiger partial charge on any atom is -0.507 e. The van der Waals surface area contributed by atoms with Gasteiger partial charge < -0.3 is 14.7 Å². The Hall–Kier alpha value is -2.67. The van der Waals surface area contributed by atoms with E-state index in [2.05, 4.69) is 4.90 Å². The molecular weight excluding hydrogens is 440 g/mol. The highest BCUT2D eigenvalue weighted by atomic mass is 35.5. The molecule has 0 bridgehead atoms. The zero-order chi connectivity index (χ0) is 23.5. The lowest BCUT2D eigenvalue weighted by molar-refractivity contribution is -0.140. The van der Waals surface area contributed by atoms with Gasteiger partial charge in [-0.15, -0.1) is 0 Å². The zero-order valence-corrected chi connectivity index (χ0v) is 19.8. The summed E-state index contributed by atoms with van der Waals surface area (Å²) in [7, 11) is 0. The summed E-state index contributed by atoms with van der Waals surface area (Å²) in [5, 5.41) is 11.8. The van der Waals surface area contributed by atoms with E-state index in [1.54, 1.807) is 23.1 Å². The molecule has 2 aromatic carbocycles. The van der Waals surface area contributed by atoms with Crippen molar-refractivity contribution in [2.45, 2.75) is 26.3 Å². The fraction of sp³-hybridized carbons (Fsp3) is 0.385. The maximum atomic E-state index is 13.2. The number of nitrogens with zero attached hydrogens (tertiary/aromatic N) is 2. The van der Waals surface area contributed by atoms with Crippen molar-refractivity contribution in [1.82, 2.24) is 9.80 Å². The van der Waals surface area contributed by atoms with Crippen LogP contribution in [0.3, 0.4) is 0 Å². The first-order valence-corrected chi connectivity index (χ1v) is 11.7. The number of amides is 1. The second-order valence-electron chi connectivity index (χ2n) is 8.67. The number of hydrogen-bond donors (Lipinski definition) is 1. The van der Waals surface area contributed by atoms with E-state index in [4.69, 9.17) is 16.3 Å². The lowest BCUT2D eigenvalue weighted by Gasteiger charge is -2.29. The first-order valence-electron chi connectivity index (χ1n) is 11.3. The maximum Gasteiger partial charge on any atom is 0.295 e. The number of aryl methyl sites for hydroxylation is 2. The largest absolute Gasteiger partial charge is 0.507 e. The topological polar surface area (TPSA) is 70.1 Å². The highest BCUT2D eigenvalue weighted by Gasteiger charge is 2.46. The summed E-state index contributed by atoms with van der Waals surface area (Å²) in [6.45, 7) is 8.17. The number of likely N-dealkylation sites (tertiary alicyclic amines) is 1. The van der Waals surface area contributed by atoms with Crippen molar-refractivity contribution >= 4 is 29.1 Å². The Kier molecular flexibility index (Phi) is 7.17. The number of morpholine rings is 1. The van der Waals surface area contributed by atoms with Crippen molar-refractivity contribution in [1.29, 1.82) is 0 Å². The standard InChI is InChI=1S/C26H29ClN2O4/c1-17-7-8-18(2)21(15-17)24(30)22-23(19-5-3-6-20(27)16-19)29(26(32)25(22)31)10-4-9-28-11-13-33-14-12-28/h3,5-8,15-16,23,30H,4,9-14H2,1-2H3/b24-22+. The molecule has 0 radical (unpaired) electrons. The number of ketones is 1. The van der Waals surface area contributed by atoms with E-state index in [0.717, 1.165) is 30.8 Å². The van der Waals surface area contributed by atoms with Gasteiger partial charge in [0.25, 0.3) is 11.7 Å². The molecule has 1 atom stereocenters. The molecule has 1 N–H and O–H groups in total. The number of benzene rings is 2. The molecule has 33 heavy (non-hydrogen) atoms. The molecule has 174 valence electrons. The fourth-order valence-electron chi connectivity index (χ4n) is 4.56. The van der Waals surface area contributed by atoms with Crippen molar-refractivity contribution in [3.8, 4) is 0 Å². The van der Waals surface area contributed by atoms with Crippen molar-refractivity contribution < 1.29 is 19.4 Å². The van der Waals surface area contributed by atoms with E-state index in [-0.39, 0.29) is 11.3 Å². The molecular formula is C26H29ClN2O4. The summed E-state index contributed by atoms with van der Waals surface area (Å²) < 4.78 is 5.40. The third kappa shape index (κ3) is 4.98. The van der Waals surface area contributed by atoms with Gasteiger partial charge in [-0.3, -0.25) is 14.5 Å². The number of carbonyl (C=O) groups is 2. The average Bonchev–Trinajstić information content (AvgIpc) is 3.06. The van der Waals surface area contributed by atoms with Crippen LogP contribution in [0, 0.1) is 13.8 Å². The van der Waals surface area contributed by atoms with Gasteiger partial charge in [-0.25, -0.2) is 0 Å². The monoisotopic (exact) mass is 468 g/mol. The normalized spacial score (nSPS) is 21.1. The van der Waals surface area contributed by atoms with Crippen molar-refractivity contribution in [3.05, 3.63) is 75.3 Å². The molecule has 2 aliphatic rings. The number of aliphatic hydroxyl groups is 1. The Morgan fingerprint density at radius 1 is 1.09 bits per heavy atom. The van der Waals surface area contributed by atoms with Crippen LogP contribution < -0.4 is 0 Å². The van der Waals surface area contributed by atoms with Gasteiger partial charge in [0.05, 0.1) is 24.8 Å². The third-order valence-corrected chi connectivity index (χ3v) is 6.56. The predicted octanol–water partition coefficient (Wildman–Crippen LogP) is 4.10. The molecule has 2 heterocycles. The van der Waals surface area contributed by atoms with E-state index in [1.165, 1.54) is 0 Å². The molecule has 1 amide bonds. The number of rotatable bonds is 6. The Morgan fingerprint density at radius 2 is 1.85 bits per heavy atom. The van der Waals surface area contributed by atoms with Gasteiger partial charge in [0, 0.05) is 36.8 Å². The molecule has 7 heteroatoms. The van der Waals surface area contributed by atoms with Gasteiger partial charge in [0.15, 0.2) is 0 Å². The van der Waals surface area contributed by atoms with Crippen LogP contribution >= 0.6 is 11.6 Å². The van der Waals surface area contributed by atoms with E-state index in [0.29, 0.717) is 42.3 Å². The first-order chi connectivity index (χ1) is 15.9. The van der Waals surface area contributed by atoms with Crippen molar-refractivity contribution in [2.24, 2.45) is 0 Å². The van der Waals surface area contributed by atoms with Crippen molar-refractivity contribution in [3.63, 3.8) is 0 Å². The molecule has 2 aromatic rings. The van der Waals surface area contributed by atoms with Gasteiger partial charge in [0.2, 0.25) is 0 Å². The van der Waals surface area contributed by atoms with E-state index in [1.807, 2.05) is 38.1 Å². The van der Waals surface area contributed by atoms with Gasteiger partial charge in [-0.2, -0.15) is 0 Å². The zero-order valence-electron chi connectivity index (χ0n) is 19.0. The molecule has 2 saturated heterocycles. The summed E-state index contributed by atoms with van der Waals surface area (Å²) in [6.07, 6.45) is 0.716. The van der Waals surface area contributed by atoms with Crippen LogP contribution in [-0.2, 0) is 14.3 Å². The molecule has 0 aromatic heterocycles. The average molecular weight is 469 g/mol. The molecule has 1 unspecified atom stereocenters. The summed E-state index contributed by atoms with van der Waals surface area (Å²) in [5.41, 5.74) is 3.18. The second kappa shape index (κ2) is 10.1. The first kappa shape index (κ1) is 23.5. The van der Waals surface area contributed by atoms with Gasteiger partial charge in [-0.05, 0) is 49.6 Å². The number of hydrogen-bond acceptors (Lipinski definition) is 5. The molecule has 2 fully saturated rings. The molecule has 0 aliphatic carbocycles. The smallest absolute Gasteiger partial charge is 0.295 e. The van der Waals surface area contributed by atoms with Crippen LogP contribution in [0.2, 0.25) is 5.02 Å². The highest BCUT2D eigenvalue weighted by Crippen LogP contribution is 2.40. The lowest BCUT2D eigenvalue weighted by Crippen LogP contribution is -2.38. The van der Waals surface area contributed by atoms with Gasteiger partial charge in [0.1, 0.15) is 5.76 Å². The van der Waals surface area contributed by atoms with Gasteiger partial charge in [-0.1, -0.05) is 41.4 Å². The van der Waals surface area contributed by atoms with Crippen LogP contribution in [-0.4, -0.2) is 66.0 Å². The van der Waals surface area contributed by atoms with Crippen LogP contribution in [0.1, 0.15) is 34.7 Å². The number of aliphatic hydroxyl groups excluding tert-OH is 1. The Bertz CT molecular complexity index is 1090. The van der Waals surface area contributed by atoms with E-state index >= 15 is 0 Å². The van der Waals surface area contributed by atoms with Crippen molar-refractivity contribution in [2.75, 3.05) is 39.4 Å². The summed E-state index contributed by atoms with van der Waals surface area (Å²) in [6, 6.07) is 12.1. The minimum absolute atomic E-state index is 0.113. The second-order valence-corrected chi connectivity index (χ2v) is 9.11. The van der Waals surface area contributed by atoms with Gasteiger partial charge >= 0.3 is 0 Å². The molecule has 4 rings (SSSR count). The van der Waals surface area contributed by atoms with E-state index < -0.39 is 17.7 Å². The van der Waals surface area contributed by atoms with Crippen LogP contribution in [0.4, 0.5) is 0 Å². The SMILES string of the molecule is Cc1ccc(C)c(/C(O)=C2\C(=O)C(=O)N(CCCN3CCOCC3)C2c2cccc(Cl)c2)c1. The highest BCUT2D eigenvalue weighted by molar-refractivity contribution is 6.46. The Labute approximate surface area is 199 Å². The van der Waals surface area contributed by atoms with E-state index in [9.17, 15) is 14.7 Å². The Morgan fingerprint density at radius 3 is 2.58 bits per heavy atom. The quantitative estimate of drug-likeness (QED) is 0.392. The lowest BCUT2D eigenvalue weighted by atomic mass is 9.93. The summed E-state index contributed by atoms with van der Waals surface area (Å²) in [4.78, 5) is 30.2. The Balaban J connectivity index is 1.71. The minimum atomic E-state index is -0.687. The van der Waals surface area contributed by atoms with Crippen LogP contribution in [0.25, 0.3) is 5.76 Å².